The number of likely N-dealkylation sites (N-methyl/N-ethyl adjacent to an activating group) is 1. The van der Waals surface area contributed by atoms with Crippen LogP contribution in [0.15, 0.2) is 46.2 Å². The molecular formula is C29H38N6O6S. The number of carbonyl (C=O) groups is 1. The van der Waals surface area contributed by atoms with Crippen molar-refractivity contribution in [2.45, 2.75) is 65.1 Å². The van der Waals surface area contributed by atoms with E-state index in [1.807, 2.05) is 24.3 Å². The lowest BCUT2D eigenvalue weighted by atomic mass is 10.0. The van der Waals surface area contributed by atoms with E-state index >= 15 is 0 Å². The second kappa shape index (κ2) is 13.4. The molecule has 0 atom stereocenters. The fourth-order valence-corrected chi connectivity index (χ4v) is 6.08. The number of amides is 1. The van der Waals surface area contributed by atoms with E-state index in [2.05, 4.69) is 15.5 Å². The third-order valence-electron chi connectivity index (χ3n) is 7.23. The summed E-state index contributed by atoms with van der Waals surface area (Å²) < 4.78 is 13.1. The Hall–Kier alpha value is -3.81. The quantitative estimate of drug-likeness (QED) is 0.315. The molecule has 4 heterocycles. The minimum Gasteiger partial charge on any atom is -0.496 e. The lowest BCUT2D eigenvalue weighted by Crippen LogP contribution is -2.55. The number of methoxy groups -OCH3 is 1. The highest BCUT2D eigenvalue weighted by Crippen LogP contribution is 2.31. The maximum atomic E-state index is 13.8. The van der Waals surface area contributed by atoms with E-state index < -0.39 is 22.7 Å². The summed E-state index contributed by atoms with van der Waals surface area (Å²) in [4.78, 5) is 42.4. The summed E-state index contributed by atoms with van der Waals surface area (Å²) in [6, 6.07) is 7.60. The molecule has 1 fully saturated rings. The van der Waals surface area contributed by atoms with Crippen LogP contribution in [0, 0.1) is 6.92 Å². The molecule has 1 saturated heterocycles. The van der Waals surface area contributed by atoms with Crippen LogP contribution < -0.4 is 21.3 Å². The first-order valence-corrected chi connectivity index (χ1v) is 14.8. The molecule has 1 aliphatic heterocycles. The zero-order valence-electron chi connectivity index (χ0n) is 24.6. The summed E-state index contributed by atoms with van der Waals surface area (Å²) in [6.45, 7) is 8.89. The van der Waals surface area contributed by atoms with Crippen LogP contribution in [0.3, 0.4) is 0 Å². The summed E-state index contributed by atoms with van der Waals surface area (Å²) in [5, 5.41) is 21.0. The third kappa shape index (κ3) is 6.32. The van der Waals surface area contributed by atoms with E-state index in [-0.39, 0.29) is 12.6 Å². The number of nitrogens with one attached hydrogen (secondary N) is 1. The van der Waals surface area contributed by atoms with Crippen LogP contribution in [0.4, 0.5) is 0 Å². The van der Waals surface area contributed by atoms with Crippen LogP contribution in [0.2, 0.25) is 0 Å². The minimum absolute atomic E-state index is 0.0891. The summed E-state index contributed by atoms with van der Waals surface area (Å²) in [7, 11) is 1.60. The molecule has 4 aromatic rings. The summed E-state index contributed by atoms with van der Waals surface area (Å²) in [5.41, 5.74) is -0.879. The van der Waals surface area contributed by atoms with Crippen molar-refractivity contribution < 1.29 is 19.4 Å². The number of hydrogen-bond donors (Lipinski definition) is 2. The molecule has 5 rings (SSSR count). The van der Waals surface area contributed by atoms with Crippen molar-refractivity contribution in [2.75, 3.05) is 26.9 Å². The van der Waals surface area contributed by atoms with Crippen LogP contribution in [0.5, 0.6) is 5.75 Å². The van der Waals surface area contributed by atoms with Gasteiger partial charge in [-0.05, 0) is 58.6 Å². The van der Waals surface area contributed by atoms with Crippen LogP contribution >= 0.6 is 11.3 Å². The van der Waals surface area contributed by atoms with Gasteiger partial charge in [0.2, 0.25) is 5.91 Å². The van der Waals surface area contributed by atoms with Crippen LogP contribution in [-0.4, -0.2) is 68.1 Å². The normalized spacial score (nSPS) is 14.0. The van der Waals surface area contributed by atoms with Gasteiger partial charge in [-0.25, -0.2) is 9.36 Å². The highest BCUT2D eigenvalue weighted by atomic mass is 32.1. The molecule has 1 aromatic carbocycles. The molecule has 226 valence electrons. The number of aliphatic hydroxyl groups is 1. The Bertz CT molecular complexity index is 1630. The Morgan fingerprint density at radius 1 is 1.19 bits per heavy atom. The van der Waals surface area contributed by atoms with Crippen molar-refractivity contribution in [1.82, 2.24) is 29.4 Å². The Morgan fingerprint density at radius 2 is 1.86 bits per heavy atom. The van der Waals surface area contributed by atoms with Crippen molar-refractivity contribution in [3.05, 3.63) is 68.6 Å². The molecule has 0 bridgehead atoms. The van der Waals surface area contributed by atoms with Crippen molar-refractivity contribution in [3.8, 4) is 10.8 Å². The van der Waals surface area contributed by atoms with Gasteiger partial charge in [0.1, 0.15) is 21.1 Å². The first-order chi connectivity index (χ1) is 20.1. The van der Waals surface area contributed by atoms with Gasteiger partial charge in [0.25, 0.3) is 5.56 Å². The van der Waals surface area contributed by atoms with Gasteiger partial charge in [0.05, 0.1) is 31.0 Å². The number of benzene rings is 1. The monoisotopic (exact) mass is 598 g/mol. The molecule has 2 N–H and O–H groups in total. The van der Waals surface area contributed by atoms with Gasteiger partial charge >= 0.3 is 5.69 Å². The van der Waals surface area contributed by atoms with Crippen molar-refractivity contribution in [1.29, 1.82) is 0 Å². The third-order valence-corrected chi connectivity index (χ3v) is 8.51. The van der Waals surface area contributed by atoms with Crippen molar-refractivity contribution in [3.63, 3.8) is 0 Å². The van der Waals surface area contributed by atoms with Crippen molar-refractivity contribution >= 4 is 27.5 Å². The first-order valence-electron chi connectivity index (χ1n) is 13.9. The van der Waals surface area contributed by atoms with E-state index in [0.29, 0.717) is 33.7 Å². The SMILES string of the molecule is CCNC(=O)C(C)(C)n1c(=O)c2c(C)c(-n3nccn3)sc2n(CCc2ccccc2OC)c1=O.OC1CCOCC1. The summed E-state index contributed by atoms with van der Waals surface area (Å²) in [6.07, 6.45) is 5.14. The van der Waals surface area contributed by atoms with E-state index in [1.165, 1.54) is 16.1 Å². The van der Waals surface area contributed by atoms with E-state index in [1.54, 1.807) is 51.8 Å². The summed E-state index contributed by atoms with van der Waals surface area (Å²) in [5.74, 6) is 0.313. The standard InChI is InChI=1S/C24H28N6O4S.C5H10O2/c1-6-25-22(32)24(3,4)29-19(31)18-15(2)20(30-26-12-13-27-30)35-21(18)28(23(29)33)14-11-16-9-7-8-10-17(16)34-5;6-5-1-3-7-4-2-5/h7-10,12-13H,6,11,14H2,1-5H3,(H,25,32);5-6H,1-4H2. The number of hydrogen-bond acceptors (Lipinski definition) is 9. The highest BCUT2D eigenvalue weighted by Gasteiger charge is 2.35. The zero-order chi connectivity index (χ0) is 30.4. The zero-order valence-corrected chi connectivity index (χ0v) is 25.4. The van der Waals surface area contributed by atoms with Gasteiger partial charge in [-0.1, -0.05) is 29.5 Å². The number of aryl methyl sites for hydroxylation is 3. The molecule has 1 amide bonds. The molecule has 0 spiro atoms. The number of aliphatic hydroxyl groups excluding tert-OH is 1. The fourth-order valence-electron chi connectivity index (χ4n) is 4.84. The fraction of sp³-hybridized carbons (Fsp3) is 0.483. The number of carbonyl (C=O) groups excluding carboxylic acids is 1. The van der Waals surface area contributed by atoms with Gasteiger partial charge < -0.3 is 19.9 Å². The van der Waals surface area contributed by atoms with Crippen LogP contribution in [0.25, 0.3) is 15.2 Å². The van der Waals surface area contributed by atoms with Gasteiger partial charge in [-0.15, -0.1) is 4.80 Å². The molecule has 13 heteroatoms. The van der Waals surface area contributed by atoms with Crippen molar-refractivity contribution in [2.24, 2.45) is 0 Å². The van der Waals surface area contributed by atoms with E-state index in [9.17, 15) is 14.4 Å². The largest absolute Gasteiger partial charge is 0.496 e. The Balaban J connectivity index is 0.000000507. The Morgan fingerprint density at radius 3 is 2.45 bits per heavy atom. The highest BCUT2D eigenvalue weighted by molar-refractivity contribution is 7.21. The molecular weight excluding hydrogens is 560 g/mol. The van der Waals surface area contributed by atoms with Gasteiger partial charge in [-0.3, -0.25) is 14.2 Å². The number of rotatable bonds is 8. The molecule has 0 radical (unpaired) electrons. The second-order valence-electron chi connectivity index (χ2n) is 10.4. The maximum absolute atomic E-state index is 13.8. The summed E-state index contributed by atoms with van der Waals surface area (Å²) >= 11 is 1.28. The van der Waals surface area contributed by atoms with Gasteiger partial charge in [-0.2, -0.15) is 10.2 Å². The molecule has 0 saturated carbocycles. The van der Waals surface area contributed by atoms with Crippen LogP contribution in [0.1, 0.15) is 44.7 Å². The predicted octanol–water partition coefficient (Wildman–Crippen LogP) is 2.39. The molecule has 0 aliphatic carbocycles. The molecule has 0 unspecified atom stereocenters. The van der Waals surface area contributed by atoms with Gasteiger partial charge in [0.15, 0.2) is 0 Å². The smallest absolute Gasteiger partial charge is 0.333 e. The van der Waals surface area contributed by atoms with E-state index in [4.69, 9.17) is 14.6 Å². The number of ether oxygens (including phenoxy) is 2. The Labute approximate surface area is 247 Å². The molecule has 42 heavy (non-hydrogen) atoms. The van der Waals surface area contributed by atoms with Crippen LogP contribution in [-0.2, 0) is 28.0 Å². The first kappa shape index (κ1) is 31.1. The molecule has 1 aliphatic rings. The predicted molar refractivity (Wildman–Crippen MR) is 161 cm³/mol. The minimum atomic E-state index is -1.40. The lowest BCUT2D eigenvalue weighted by molar-refractivity contribution is -0.128. The molecule has 3 aromatic heterocycles. The average Bonchev–Trinajstić information content (AvgIpc) is 3.62. The number of fused-ring (bicyclic) bond motifs is 1. The lowest BCUT2D eigenvalue weighted by Gasteiger charge is -2.26. The number of aromatic nitrogens is 5. The second-order valence-corrected chi connectivity index (χ2v) is 11.4. The van der Waals surface area contributed by atoms with E-state index in [0.717, 1.165) is 41.9 Å². The molecule has 12 nitrogen and oxygen atoms in total. The maximum Gasteiger partial charge on any atom is 0.333 e. The average molecular weight is 599 g/mol. The number of thiophene rings is 1. The topological polar surface area (TPSA) is 142 Å². The Kier molecular flexibility index (Phi) is 9.97. The number of nitrogens with zero attached hydrogens (tertiary/aromatic N) is 5. The van der Waals surface area contributed by atoms with Gasteiger partial charge in [0, 0.05) is 31.9 Å². The number of para-hydroxylation sites is 1.